The van der Waals surface area contributed by atoms with Crippen LogP contribution in [-0.4, -0.2) is 42.7 Å². The van der Waals surface area contributed by atoms with E-state index >= 15 is 0 Å². The van der Waals surface area contributed by atoms with Crippen molar-refractivity contribution in [3.05, 3.63) is 94.5 Å². The normalized spacial score (nSPS) is 10.9. The van der Waals surface area contributed by atoms with Crippen molar-refractivity contribution in [1.29, 1.82) is 0 Å². The van der Waals surface area contributed by atoms with E-state index < -0.39 is 10.8 Å². The third kappa shape index (κ3) is 5.27. The van der Waals surface area contributed by atoms with E-state index in [4.69, 9.17) is 0 Å². The van der Waals surface area contributed by atoms with E-state index in [-0.39, 0.29) is 22.8 Å². The molecule has 0 saturated heterocycles. The molecule has 0 saturated carbocycles. The lowest BCUT2D eigenvalue weighted by molar-refractivity contribution is -0.384. The number of amides is 1. The highest BCUT2D eigenvalue weighted by Crippen LogP contribution is 2.27. The number of thioether (sulfide) groups is 1. The molecule has 0 aliphatic rings. The lowest BCUT2D eigenvalue weighted by Crippen LogP contribution is -2.20. The van der Waals surface area contributed by atoms with Gasteiger partial charge in [0.25, 0.3) is 11.6 Å². The highest BCUT2D eigenvalue weighted by Gasteiger charge is 2.17. The molecule has 0 spiro atoms. The van der Waals surface area contributed by atoms with Gasteiger partial charge in [-0.2, -0.15) is 5.10 Å². The van der Waals surface area contributed by atoms with Gasteiger partial charge in [-0.25, -0.2) is 5.43 Å². The minimum absolute atomic E-state index is 0.00197. The van der Waals surface area contributed by atoms with Crippen molar-refractivity contribution < 1.29 is 14.8 Å². The molecule has 0 radical (unpaired) electrons. The number of hydrazone groups is 1. The monoisotopic (exact) mass is 474 g/mol. The zero-order valence-electron chi connectivity index (χ0n) is 17.6. The molecule has 0 unspecified atom stereocenters. The number of benzene rings is 3. The Labute approximate surface area is 198 Å². The van der Waals surface area contributed by atoms with E-state index in [1.807, 2.05) is 65.2 Å². The molecule has 0 aliphatic carbocycles. The van der Waals surface area contributed by atoms with Gasteiger partial charge in [-0.3, -0.25) is 19.5 Å². The van der Waals surface area contributed by atoms with E-state index in [1.165, 1.54) is 23.9 Å². The third-order valence-corrected chi connectivity index (χ3v) is 5.56. The molecule has 0 fully saturated rings. The van der Waals surface area contributed by atoms with E-state index in [2.05, 4.69) is 20.7 Å². The van der Waals surface area contributed by atoms with Crippen molar-refractivity contribution in [2.45, 2.75) is 5.16 Å². The second-order valence-corrected chi connectivity index (χ2v) is 7.87. The molecule has 1 amide bonds. The van der Waals surface area contributed by atoms with Gasteiger partial charge in [-0.05, 0) is 18.2 Å². The summed E-state index contributed by atoms with van der Waals surface area (Å²) in [5.41, 5.74) is 4.00. The van der Waals surface area contributed by atoms with Gasteiger partial charge < -0.3 is 5.11 Å². The summed E-state index contributed by atoms with van der Waals surface area (Å²) in [5.74, 6) is 0.0316. The first-order chi connectivity index (χ1) is 16.5. The maximum atomic E-state index is 12.3. The van der Waals surface area contributed by atoms with E-state index in [1.54, 1.807) is 0 Å². The van der Waals surface area contributed by atoms with Crippen LogP contribution in [0.25, 0.3) is 17.1 Å². The molecule has 4 aromatic rings. The Balaban J connectivity index is 1.47. The average molecular weight is 475 g/mol. The molecule has 0 bridgehead atoms. The lowest BCUT2D eigenvalue weighted by Gasteiger charge is -2.10. The second-order valence-electron chi connectivity index (χ2n) is 6.93. The summed E-state index contributed by atoms with van der Waals surface area (Å²) in [6.45, 7) is 0. The van der Waals surface area contributed by atoms with Crippen LogP contribution in [0.15, 0.2) is 89.1 Å². The number of phenolic OH excluding ortho intramolecular Hbond substituents is 1. The van der Waals surface area contributed by atoms with Crippen LogP contribution in [0.4, 0.5) is 5.69 Å². The highest BCUT2D eigenvalue weighted by molar-refractivity contribution is 7.99. The second kappa shape index (κ2) is 10.4. The van der Waals surface area contributed by atoms with Crippen LogP contribution in [0.3, 0.4) is 0 Å². The van der Waals surface area contributed by atoms with E-state index in [0.717, 1.165) is 23.5 Å². The zero-order valence-corrected chi connectivity index (χ0v) is 18.4. The fourth-order valence-corrected chi connectivity index (χ4v) is 3.79. The number of non-ortho nitro benzene ring substituents is 1. The first-order valence-electron chi connectivity index (χ1n) is 10.0. The number of aromatic hydroxyl groups is 1. The molecular formula is C23H18N6O4S. The van der Waals surface area contributed by atoms with Gasteiger partial charge >= 0.3 is 0 Å². The zero-order chi connectivity index (χ0) is 23.9. The van der Waals surface area contributed by atoms with Crippen LogP contribution < -0.4 is 5.43 Å². The quantitative estimate of drug-likeness (QED) is 0.172. The van der Waals surface area contributed by atoms with Gasteiger partial charge in [-0.15, -0.1) is 10.2 Å². The summed E-state index contributed by atoms with van der Waals surface area (Å²) >= 11 is 1.19. The third-order valence-electron chi connectivity index (χ3n) is 4.63. The molecule has 2 N–H and O–H groups in total. The molecule has 3 aromatic carbocycles. The topological polar surface area (TPSA) is 136 Å². The fraction of sp³-hybridized carbons (Fsp3) is 0.0435. The minimum atomic E-state index is -0.585. The van der Waals surface area contributed by atoms with Crippen LogP contribution in [0, 0.1) is 10.1 Å². The number of nitrogens with one attached hydrogen (secondary N) is 1. The van der Waals surface area contributed by atoms with Gasteiger partial charge in [0.1, 0.15) is 5.75 Å². The van der Waals surface area contributed by atoms with Gasteiger partial charge in [0.05, 0.1) is 16.9 Å². The summed E-state index contributed by atoms with van der Waals surface area (Å²) in [6.07, 6.45) is 1.14. The summed E-state index contributed by atoms with van der Waals surface area (Å²) in [6, 6.07) is 22.7. The number of nitro groups is 1. The Bertz CT molecular complexity index is 1340. The number of para-hydroxylation sites is 1. The molecule has 10 nitrogen and oxygen atoms in total. The number of carbonyl (C=O) groups is 1. The number of aromatic nitrogens is 3. The molecule has 0 aliphatic heterocycles. The number of nitrogens with zero attached hydrogens (tertiary/aromatic N) is 5. The number of nitro benzene ring substituents is 1. The molecule has 4 rings (SSSR count). The van der Waals surface area contributed by atoms with Crippen molar-refractivity contribution in [2.24, 2.45) is 5.10 Å². The van der Waals surface area contributed by atoms with E-state index in [9.17, 15) is 20.0 Å². The van der Waals surface area contributed by atoms with Gasteiger partial charge in [0.15, 0.2) is 11.0 Å². The number of hydrogen-bond acceptors (Lipinski definition) is 8. The fourth-order valence-electron chi connectivity index (χ4n) is 3.04. The van der Waals surface area contributed by atoms with Crippen molar-refractivity contribution in [3.63, 3.8) is 0 Å². The molecule has 0 atom stereocenters. The standard InChI is InChI=1S/C23H18N6O4S/c30-20-12-11-19(29(32)33)13-17(20)14-24-25-21(31)15-34-23-27-26-22(16-7-3-1-4-8-16)28(23)18-9-5-2-6-10-18/h1-14,30H,15H2,(H,25,31)/b24-14+. The van der Waals surface area contributed by atoms with Crippen molar-refractivity contribution in [2.75, 3.05) is 5.75 Å². The number of phenols is 1. The summed E-state index contributed by atoms with van der Waals surface area (Å²) in [5, 5.41) is 33.6. The molecule has 1 aromatic heterocycles. The van der Waals surface area contributed by atoms with Crippen LogP contribution in [0.2, 0.25) is 0 Å². The van der Waals surface area contributed by atoms with Crippen LogP contribution in [-0.2, 0) is 4.79 Å². The van der Waals surface area contributed by atoms with Crippen LogP contribution in [0.5, 0.6) is 5.75 Å². The smallest absolute Gasteiger partial charge is 0.270 e. The van der Waals surface area contributed by atoms with Crippen molar-refractivity contribution in [1.82, 2.24) is 20.2 Å². The highest BCUT2D eigenvalue weighted by atomic mass is 32.2. The lowest BCUT2D eigenvalue weighted by atomic mass is 10.2. The first kappa shape index (κ1) is 22.7. The maximum Gasteiger partial charge on any atom is 0.270 e. The van der Waals surface area contributed by atoms with Crippen LogP contribution in [0.1, 0.15) is 5.56 Å². The Morgan fingerprint density at radius 2 is 1.79 bits per heavy atom. The molecule has 170 valence electrons. The molecular weight excluding hydrogens is 456 g/mol. The Hall–Kier alpha value is -4.51. The average Bonchev–Trinajstić information content (AvgIpc) is 3.29. The largest absolute Gasteiger partial charge is 0.507 e. The Morgan fingerprint density at radius 3 is 2.50 bits per heavy atom. The predicted octanol–water partition coefficient (Wildman–Crippen LogP) is 3.79. The number of hydrogen-bond donors (Lipinski definition) is 2. The summed E-state index contributed by atoms with van der Waals surface area (Å²) in [7, 11) is 0. The van der Waals surface area contributed by atoms with Crippen LogP contribution >= 0.6 is 11.8 Å². The molecule has 1 heterocycles. The van der Waals surface area contributed by atoms with Crippen molar-refractivity contribution >= 4 is 29.6 Å². The number of carbonyl (C=O) groups excluding carboxylic acids is 1. The first-order valence-corrected chi connectivity index (χ1v) is 11.0. The van der Waals surface area contributed by atoms with E-state index in [0.29, 0.717) is 11.0 Å². The molecule has 34 heavy (non-hydrogen) atoms. The van der Waals surface area contributed by atoms with Gasteiger partial charge in [-0.1, -0.05) is 60.3 Å². The molecule has 11 heteroatoms. The predicted molar refractivity (Wildman–Crippen MR) is 128 cm³/mol. The SMILES string of the molecule is O=C(CSc1nnc(-c2ccccc2)n1-c1ccccc1)N/N=C/c1cc([N+](=O)[O-])ccc1O. The number of rotatable bonds is 8. The minimum Gasteiger partial charge on any atom is -0.507 e. The van der Waals surface area contributed by atoms with Gasteiger partial charge in [0.2, 0.25) is 0 Å². The Kier molecular flexibility index (Phi) is 6.94. The maximum absolute atomic E-state index is 12.3. The summed E-state index contributed by atoms with van der Waals surface area (Å²) < 4.78 is 1.87. The van der Waals surface area contributed by atoms with Crippen molar-refractivity contribution in [3.8, 4) is 22.8 Å². The van der Waals surface area contributed by atoms with Gasteiger partial charge in [0, 0.05) is 28.9 Å². The Morgan fingerprint density at radius 1 is 1.09 bits per heavy atom. The summed E-state index contributed by atoms with van der Waals surface area (Å²) in [4.78, 5) is 22.6.